The van der Waals surface area contributed by atoms with Gasteiger partial charge in [-0.2, -0.15) is 0 Å². The van der Waals surface area contributed by atoms with Gasteiger partial charge in [0.25, 0.3) is 0 Å². The summed E-state index contributed by atoms with van der Waals surface area (Å²) in [5, 5.41) is 0.124. The second-order valence-electron chi connectivity index (χ2n) is 3.69. The maximum atomic E-state index is 13.7. The van der Waals surface area contributed by atoms with E-state index in [9.17, 15) is 9.18 Å². The van der Waals surface area contributed by atoms with Gasteiger partial charge in [-0.25, -0.2) is 4.39 Å². The summed E-state index contributed by atoms with van der Waals surface area (Å²) in [5.41, 5.74) is 1.51. The first-order chi connectivity index (χ1) is 7.09. The summed E-state index contributed by atoms with van der Waals surface area (Å²) in [6, 6.07) is 3.40. The molecule has 0 bridgehead atoms. The van der Waals surface area contributed by atoms with Crippen molar-refractivity contribution in [1.82, 2.24) is 4.90 Å². The van der Waals surface area contributed by atoms with Crippen molar-refractivity contribution < 1.29 is 9.18 Å². The quantitative estimate of drug-likeness (QED) is 0.667. The lowest BCUT2D eigenvalue weighted by atomic mass is 9.99. The fourth-order valence-electron chi connectivity index (χ4n) is 1.83. The summed E-state index contributed by atoms with van der Waals surface area (Å²) >= 11 is 5.69. The van der Waals surface area contributed by atoms with Crippen molar-refractivity contribution in [2.75, 3.05) is 6.54 Å². The third-order valence-electron chi connectivity index (χ3n) is 2.74. The molecule has 0 atom stereocenters. The lowest BCUT2D eigenvalue weighted by Gasteiger charge is -2.28. The molecule has 1 aliphatic heterocycles. The highest BCUT2D eigenvalue weighted by molar-refractivity contribution is 6.30. The van der Waals surface area contributed by atoms with Crippen LogP contribution < -0.4 is 0 Å². The zero-order chi connectivity index (χ0) is 11.0. The Labute approximate surface area is 92.6 Å². The Hall–Kier alpha value is -1.09. The van der Waals surface area contributed by atoms with Crippen LogP contribution in [0, 0.1) is 5.82 Å². The van der Waals surface area contributed by atoms with E-state index in [1.54, 1.807) is 11.0 Å². The Morgan fingerprint density at radius 2 is 2.27 bits per heavy atom. The highest BCUT2D eigenvalue weighted by Gasteiger charge is 2.22. The van der Waals surface area contributed by atoms with E-state index >= 15 is 0 Å². The monoisotopic (exact) mass is 227 g/mol. The van der Waals surface area contributed by atoms with Gasteiger partial charge in [0.15, 0.2) is 0 Å². The van der Waals surface area contributed by atoms with Gasteiger partial charge in [-0.15, -0.1) is 0 Å². The van der Waals surface area contributed by atoms with Crippen LogP contribution in [-0.4, -0.2) is 17.4 Å². The largest absolute Gasteiger partial charge is 0.338 e. The number of halogens is 2. The van der Waals surface area contributed by atoms with E-state index in [0.29, 0.717) is 25.1 Å². The van der Waals surface area contributed by atoms with Crippen LogP contribution in [0.4, 0.5) is 4.39 Å². The van der Waals surface area contributed by atoms with E-state index in [1.807, 2.05) is 6.07 Å². The van der Waals surface area contributed by atoms with Crippen LogP contribution in [0.5, 0.6) is 0 Å². The highest BCUT2D eigenvalue weighted by Crippen LogP contribution is 2.26. The molecular weight excluding hydrogens is 217 g/mol. The van der Waals surface area contributed by atoms with E-state index < -0.39 is 0 Å². The lowest BCUT2D eigenvalue weighted by Crippen LogP contribution is -2.34. The van der Waals surface area contributed by atoms with Crippen molar-refractivity contribution in [3.05, 3.63) is 34.1 Å². The predicted octanol–water partition coefficient (Wildman–Crippen LogP) is 2.38. The van der Waals surface area contributed by atoms with Crippen LogP contribution in [0.15, 0.2) is 12.1 Å². The van der Waals surface area contributed by atoms with E-state index in [4.69, 9.17) is 11.6 Å². The van der Waals surface area contributed by atoms with E-state index in [1.165, 1.54) is 6.92 Å². The first-order valence-electron chi connectivity index (χ1n) is 4.81. The number of hydrogen-bond acceptors (Lipinski definition) is 1. The SMILES string of the molecule is CC(=O)N1CCc2ccc(Cl)c(F)c2C1. The molecule has 1 aromatic rings. The van der Waals surface area contributed by atoms with Gasteiger partial charge in [-0.3, -0.25) is 4.79 Å². The summed E-state index contributed by atoms with van der Waals surface area (Å²) in [5.74, 6) is -0.417. The molecule has 1 aromatic carbocycles. The van der Waals surface area contributed by atoms with Crippen LogP contribution in [0.3, 0.4) is 0 Å². The molecular formula is C11H11ClFNO. The average molecular weight is 228 g/mol. The van der Waals surface area contributed by atoms with Crippen molar-refractivity contribution in [2.45, 2.75) is 19.9 Å². The van der Waals surface area contributed by atoms with Gasteiger partial charge in [0, 0.05) is 25.6 Å². The molecule has 80 valence electrons. The van der Waals surface area contributed by atoms with Crippen LogP contribution in [0.25, 0.3) is 0 Å². The van der Waals surface area contributed by atoms with E-state index in [2.05, 4.69) is 0 Å². The molecule has 1 heterocycles. The summed E-state index contributed by atoms with van der Waals surface area (Å²) in [7, 11) is 0. The number of hydrogen-bond donors (Lipinski definition) is 0. The molecule has 0 unspecified atom stereocenters. The Balaban J connectivity index is 2.39. The Kier molecular flexibility index (Phi) is 2.65. The van der Waals surface area contributed by atoms with Gasteiger partial charge in [0.05, 0.1) is 5.02 Å². The first kappa shape index (κ1) is 10.4. The van der Waals surface area contributed by atoms with Gasteiger partial charge in [-0.05, 0) is 18.1 Å². The minimum Gasteiger partial charge on any atom is -0.338 e. The maximum Gasteiger partial charge on any atom is 0.219 e. The number of amides is 1. The molecule has 0 N–H and O–H groups in total. The summed E-state index contributed by atoms with van der Waals surface area (Å²) in [6.45, 7) is 2.48. The summed E-state index contributed by atoms with van der Waals surface area (Å²) in [6.07, 6.45) is 0.697. The molecule has 0 radical (unpaired) electrons. The standard InChI is InChI=1S/C11H11ClFNO/c1-7(15)14-5-4-8-2-3-10(12)11(13)9(8)6-14/h2-3H,4-6H2,1H3. The highest BCUT2D eigenvalue weighted by atomic mass is 35.5. The van der Waals surface area contributed by atoms with Crippen molar-refractivity contribution >= 4 is 17.5 Å². The number of nitrogens with zero attached hydrogens (tertiary/aromatic N) is 1. The van der Waals surface area contributed by atoms with Gasteiger partial charge >= 0.3 is 0 Å². The van der Waals surface area contributed by atoms with E-state index in [0.717, 1.165) is 5.56 Å². The number of fused-ring (bicyclic) bond motifs is 1. The molecule has 0 saturated heterocycles. The van der Waals surface area contributed by atoms with Gasteiger partial charge in [0.1, 0.15) is 5.82 Å². The van der Waals surface area contributed by atoms with Crippen LogP contribution in [0.2, 0.25) is 5.02 Å². The van der Waals surface area contributed by atoms with Crippen LogP contribution >= 0.6 is 11.6 Å². The zero-order valence-corrected chi connectivity index (χ0v) is 9.14. The predicted molar refractivity (Wildman–Crippen MR) is 56.2 cm³/mol. The third-order valence-corrected chi connectivity index (χ3v) is 3.03. The average Bonchev–Trinajstić information content (AvgIpc) is 2.23. The first-order valence-corrected chi connectivity index (χ1v) is 5.18. The van der Waals surface area contributed by atoms with Gasteiger partial charge in [-0.1, -0.05) is 17.7 Å². The minimum atomic E-state index is -0.389. The molecule has 1 amide bonds. The molecule has 15 heavy (non-hydrogen) atoms. The fourth-order valence-corrected chi connectivity index (χ4v) is 2.01. The van der Waals surface area contributed by atoms with Crippen molar-refractivity contribution in [3.8, 4) is 0 Å². The number of carbonyl (C=O) groups is 1. The van der Waals surface area contributed by atoms with Gasteiger partial charge in [0.2, 0.25) is 5.91 Å². The normalized spacial score (nSPS) is 15.0. The Morgan fingerprint density at radius 3 is 2.93 bits per heavy atom. The third kappa shape index (κ3) is 1.84. The topological polar surface area (TPSA) is 20.3 Å². The molecule has 0 saturated carbocycles. The van der Waals surface area contributed by atoms with Crippen molar-refractivity contribution in [3.63, 3.8) is 0 Å². The second-order valence-corrected chi connectivity index (χ2v) is 4.10. The number of rotatable bonds is 0. The molecule has 0 aliphatic carbocycles. The minimum absolute atomic E-state index is 0.0278. The molecule has 1 aliphatic rings. The summed E-state index contributed by atoms with van der Waals surface area (Å²) in [4.78, 5) is 12.8. The molecule has 4 heteroatoms. The Bertz CT molecular complexity index is 419. The molecule has 0 fully saturated rings. The maximum absolute atomic E-state index is 13.7. The van der Waals surface area contributed by atoms with Crippen molar-refractivity contribution in [1.29, 1.82) is 0 Å². The zero-order valence-electron chi connectivity index (χ0n) is 8.39. The van der Waals surface area contributed by atoms with Crippen LogP contribution in [0.1, 0.15) is 18.1 Å². The number of carbonyl (C=O) groups excluding carboxylic acids is 1. The van der Waals surface area contributed by atoms with Crippen molar-refractivity contribution in [2.24, 2.45) is 0 Å². The fraction of sp³-hybridized carbons (Fsp3) is 0.364. The lowest BCUT2D eigenvalue weighted by molar-refractivity contribution is -0.129. The number of benzene rings is 1. The van der Waals surface area contributed by atoms with Crippen LogP contribution in [-0.2, 0) is 17.8 Å². The van der Waals surface area contributed by atoms with E-state index in [-0.39, 0.29) is 16.7 Å². The smallest absolute Gasteiger partial charge is 0.219 e. The molecule has 2 nitrogen and oxygen atoms in total. The summed E-state index contributed by atoms with van der Waals surface area (Å²) < 4.78 is 13.7. The second kappa shape index (κ2) is 3.81. The Morgan fingerprint density at radius 1 is 1.53 bits per heavy atom. The molecule has 2 rings (SSSR count). The molecule has 0 spiro atoms. The van der Waals surface area contributed by atoms with Gasteiger partial charge < -0.3 is 4.90 Å². The molecule has 0 aromatic heterocycles.